The summed E-state index contributed by atoms with van der Waals surface area (Å²) in [5.41, 5.74) is 3.74. The Morgan fingerprint density at radius 2 is 1.77 bits per heavy atom. The Kier molecular flexibility index (Phi) is 7.86. The van der Waals surface area contributed by atoms with E-state index in [0.29, 0.717) is 25.2 Å². The molecule has 6 heteroatoms. The van der Waals surface area contributed by atoms with Crippen LogP contribution in [0.1, 0.15) is 64.5 Å². The summed E-state index contributed by atoms with van der Waals surface area (Å²) in [6.45, 7) is 13.8. The van der Waals surface area contributed by atoms with Crippen LogP contribution in [0.2, 0.25) is 0 Å². The Labute approximate surface area is 184 Å². The largest absolute Gasteiger partial charge is 0.369 e. The Morgan fingerprint density at radius 3 is 2.37 bits per heavy atom. The monoisotopic (exact) mass is 435 g/mol. The van der Waals surface area contributed by atoms with Gasteiger partial charge < -0.3 is 9.80 Å². The maximum Gasteiger partial charge on any atom is 0.211 e. The van der Waals surface area contributed by atoms with Crippen LogP contribution in [0.25, 0.3) is 0 Å². The van der Waals surface area contributed by atoms with Crippen LogP contribution in [0.3, 0.4) is 0 Å². The average Bonchev–Trinajstić information content (AvgIpc) is 2.70. The number of hydrogen-bond donors (Lipinski definition) is 0. The zero-order chi connectivity index (χ0) is 21.9. The van der Waals surface area contributed by atoms with Gasteiger partial charge in [-0.25, -0.2) is 8.42 Å². The van der Waals surface area contributed by atoms with Crippen LogP contribution in [-0.4, -0.2) is 62.1 Å². The molecule has 0 radical (unpaired) electrons. The number of hydrogen-bond acceptors (Lipinski definition) is 4. The molecule has 0 aromatic heterocycles. The summed E-state index contributed by atoms with van der Waals surface area (Å²) in [6.07, 6.45) is 7.36. The molecule has 0 atom stereocenters. The highest BCUT2D eigenvalue weighted by molar-refractivity contribution is 7.88. The van der Waals surface area contributed by atoms with Crippen molar-refractivity contribution in [3.63, 3.8) is 0 Å². The summed E-state index contributed by atoms with van der Waals surface area (Å²) in [5.74, 6) is 0.875. The molecule has 1 fully saturated rings. The molecule has 2 aliphatic rings. The Balaban J connectivity index is 1.57. The minimum absolute atomic E-state index is 0.460. The van der Waals surface area contributed by atoms with Crippen molar-refractivity contribution in [3.8, 4) is 0 Å². The van der Waals surface area contributed by atoms with Gasteiger partial charge in [0.15, 0.2) is 0 Å². The lowest BCUT2D eigenvalue weighted by atomic mass is 9.91. The summed E-state index contributed by atoms with van der Waals surface area (Å²) >= 11 is 0. The molecule has 0 spiro atoms. The molecule has 0 saturated carbocycles. The number of likely N-dealkylation sites (tertiary alicyclic amines) is 1. The Bertz CT molecular complexity index is 799. The van der Waals surface area contributed by atoms with Crippen LogP contribution in [0.5, 0.6) is 0 Å². The van der Waals surface area contributed by atoms with E-state index in [-0.39, 0.29) is 0 Å². The average molecular weight is 436 g/mol. The van der Waals surface area contributed by atoms with Crippen molar-refractivity contribution in [1.82, 2.24) is 9.21 Å². The van der Waals surface area contributed by atoms with E-state index in [1.165, 1.54) is 56.3 Å². The zero-order valence-electron chi connectivity index (χ0n) is 19.6. The highest BCUT2D eigenvalue weighted by atomic mass is 32.2. The quantitative estimate of drug-likeness (QED) is 0.616. The summed E-state index contributed by atoms with van der Waals surface area (Å²) in [5, 5.41) is 0. The fourth-order valence-electron chi connectivity index (χ4n) is 4.97. The summed E-state index contributed by atoms with van der Waals surface area (Å²) in [4.78, 5) is 5.13. The summed E-state index contributed by atoms with van der Waals surface area (Å²) in [7, 11) is -3.12. The standard InChI is InChI=1S/C24H41N3O2S/c1-19(2)25-14-10-21(11-15-25)7-6-13-27(20(3)4)24-9-8-23-18-26(30(5,28)29)16-12-22(23)17-24/h8-9,17,19-21H,6-7,10-16,18H2,1-5H3. The van der Waals surface area contributed by atoms with Crippen LogP contribution in [0, 0.1) is 5.92 Å². The Morgan fingerprint density at radius 1 is 1.07 bits per heavy atom. The first-order valence-electron chi connectivity index (χ1n) is 11.7. The highest BCUT2D eigenvalue weighted by Gasteiger charge is 2.24. The third-order valence-electron chi connectivity index (χ3n) is 6.98. The van der Waals surface area contributed by atoms with Crippen molar-refractivity contribution in [2.45, 2.75) is 78.4 Å². The van der Waals surface area contributed by atoms with E-state index in [0.717, 1.165) is 24.4 Å². The smallest absolute Gasteiger partial charge is 0.211 e. The number of rotatable bonds is 8. The molecule has 170 valence electrons. The zero-order valence-corrected chi connectivity index (χ0v) is 20.4. The Hall–Kier alpha value is -1.11. The van der Waals surface area contributed by atoms with Crippen LogP contribution in [-0.2, 0) is 23.0 Å². The highest BCUT2D eigenvalue weighted by Crippen LogP contribution is 2.28. The molecular formula is C24H41N3O2S. The maximum atomic E-state index is 11.9. The maximum absolute atomic E-state index is 11.9. The third kappa shape index (κ3) is 5.98. The molecule has 5 nitrogen and oxygen atoms in total. The van der Waals surface area contributed by atoms with Crippen molar-refractivity contribution in [1.29, 1.82) is 0 Å². The minimum atomic E-state index is -3.12. The molecule has 1 saturated heterocycles. The second-order valence-electron chi connectivity index (χ2n) is 9.80. The lowest BCUT2D eigenvalue weighted by Gasteiger charge is -2.35. The fourth-order valence-corrected chi connectivity index (χ4v) is 5.77. The van der Waals surface area contributed by atoms with Gasteiger partial charge in [0, 0.05) is 37.4 Å². The second-order valence-corrected chi connectivity index (χ2v) is 11.8. The van der Waals surface area contributed by atoms with E-state index in [4.69, 9.17) is 0 Å². The predicted molar refractivity (Wildman–Crippen MR) is 127 cm³/mol. The van der Waals surface area contributed by atoms with Crippen molar-refractivity contribution in [2.24, 2.45) is 5.92 Å². The third-order valence-corrected chi connectivity index (χ3v) is 8.23. The molecule has 1 aromatic carbocycles. The van der Waals surface area contributed by atoms with Gasteiger partial charge in [-0.1, -0.05) is 6.07 Å². The van der Waals surface area contributed by atoms with Gasteiger partial charge in [-0.15, -0.1) is 0 Å². The number of anilines is 1. The molecule has 0 N–H and O–H groups in total. The van der Waals surface area contributed by atoms with Gasteiger partial charge in [0.05, 0.1) is 6.26 Å². The lowest BCUT2D eigenvalue weighted by molar-refractivity contribution is 0.145. The van der Waals surface area contributed by atoms with Crippen LogP contribution >= 0.6 is 0 Å². The van der Waals surface area contributed by atoms with Gasteiger partial charge in [-0.2, -0.15) is 4.31 Å². The van der Waals surface area contributed by atoms with E-state index in [2.05, 4.69) is 55.7 Å². The molecule has 3 rings (SSSR count). The second kappa shape index (κ2) is 10.0. The van der Waals surface area contributed by atoms with Gasteiger partial charge in [0.25, 0.3) is 0 Å². The van der Waals surface area contributed by atoms with Crippen LogP contribution in [0.15, 0.2) is 18.2 Å². The lowest BCUT2D eigenvalue weighted by Crippen LogP contribution is -2.38. The topological polar surface area (TPSA) is 43.9 Å². The van der Waals surface area contributed by atoms with Gasteiger partial charge in [-0.3, -0.25) is 0 Å². The summed E-state index contributed by atoms with van der Waals surface area (Å²) in [6, 6.07) is 7.76. The van der Waals surface area contributed by atoms with Gasteiger partial charge >= 0.3 is 0 Å². The van der Waals surface area contributed by atoms with E-state index >= 15 is 0 Å². The molecule has 0 amide bonds. The van der Waals surface area contributed by atoms with Crippen molar-refractivity contribution < 1.29 is 8.42 Å². The fraction of sp³-hybridized carbons (Fsp3) is 0.750. The molecule has 30 heavy (non-hydrogen) atoms. The molecule has 0 bridgehead atoms. The molecule has 0 aliphatic carbocycles. The number of nitrogens with zero attached hydrogens (tertiary/aromatic N) is 3. The van der Waals surface area contributed by atoms with E-state index in [9.17, 15) is 8.42 Å². The molecular weight excluding hydrogens is 394 g/mol. The van der Waals surface area contributed by atoms with Crippen molar-refractivity contribution in [2.75, 3.05) is 37.3 Å². The van der Waals surface area contributed by atoms with Gasteiger partial charge in [0.1, 0.15) is 0 Å². The molecule has 0 unspecified atom stereocenters. The number of sulfonamides is 1. The minimum Gasteiger partial charge on any atom is -0.369 e. The van der Waals surface area contributed by atoms with Crippen molar-refractivity contribution in [3.05, 3.63) is 29.3 Å². The normalized spacial score (nSPS) is 19.4. The first-order valence-corrected chi connectivity index (χ1v) is 13.6. The van der Waals surface area contributed by atoms with Crippen LogP contribution < -0.4 is 4.90 Å². The molecule has 1 aromatic rings. The number of piperidine rings is 1. The number of benzene rings is 1. The predicted octanol–water partition coefficient (Wildman–Crippen LogP) is 4.12. The number of fused-ring (bicyclic) bond motifs is 1. The first kappa shape index (κ1) is 23.6. The SMILES string of the molecule is CC(C)N1CCC(CCCN(c2ccc3c(c2)CCN(S(C)(=O)=O)C3)C(C)C)CC1. The molecule has 2 aliphatic heterocycles. The van der Waals surface area contributed by atoms with E-state index < -0.39 is 10.0 Å². The van der Waals surface area contributed by atoms with Gasteiger partial charge in [0.2, 0.25) is 10.0 Å². The molecule has 2 heterocycles. The van der Waals surface area contributed by atoms with Crippen molar-refractivity contribution >= 4 is 15.7 Å². The summed E-state index contributed by atoms with van der Waals surface area (Å²) < 4.78 is 25.3. The van der Waals surface area contributed by atoms with Gasteiger partial charge in [-0.05, 0) is 102 Å². The van der Waals surface area contributed by atoms with E-state index in [1.807, 2.05) is 0 Å². The van der Waals surface area contributed by atoms with Crippen LogP contribution in [0.4, 0.5) is 5.69 Å². The van der Waals surface area contributed by atoms with E-state index in [1.54, 1.807) is 4.31 Å². The first-order chi connectivity index (χ1) is 14.1.